The number of thioether (sulfide) groups is 1. The fourth-order valence-corrected chi connectivity index (χ4v) is 5.87. The van der Waals surface area contributed by atoms with Crippen LogP contribution in [0.5, 0.6) is 0 Å². The summed E-state index contributed by atoms with van der Waals surface area (Å²) in [5, 5.41) is 0. The van der Waals surface area contributed by atoms with Crippen LogP contribution in [0.15, 0.2) is 65.2 Å². The lowest BCUT2D eigenvalue weighted by molar-refractivity contribution is 0.568. The summed E-state index contributed by atoms with van der Waals surface area (Å²) in [6, 6.07) is 21.3. The smallest absolute Gasteiger partial charge is 0.169 e. The number of allylic oxidation sites excluding steroid dienone is 2. The van der Waals surface area contributed by atoms with Crippen LogP contribution in [0.1, 0.15) is 119 Å². The van der Waals surface area contributed by atoms with Crippen molar-refractivity contribution in [2.24, 2.45) is 0 Å². The first-order chi connectivity index (χ1) is 18.7. The van der Waals surface area contributed by atoms with E-state index in [0.29, 0.717) is 0 Å². The molecule has 2 radical (unpaired) electrons. The van der Waals surface area contributed by atoms with Crippen molar-refractivity contribution in [2.75, 3.05) is 4.90 Å². The maximum Gasteiger partial charge on any atom is 0.169 e. The van der Waals surface area contributed by atoms with Crippen LogP contribution in [0.3, 0.4) is 0 Å². The molecule has 3 aromatic rings. The lowest BCUT2D eigenvalue weighted by atomic mass is 9.77. The number of para-hydroxylation sites is 1. The SMILES string of the molecule is CC1=C(C)N(c2c(-c3cc(C(C)(C)C)cc(C(C)(C)C)c3)cccc2-c2cc(C(C)(C)C)cc(C(C)(C)C)c2)[C]S1. The van der Waals surface area contributed by atoms with Crippen LogP contribution in [0.4, 0.5) is 5.69 Å². The Morgan fingerprint density at radius 3 is 1.15 bits per heavy atom. The molecule has 0 bridgehead atoms. The number of hydrogen-bond donors (Lipinski definition) is 0. The number of rotatable bonds is 3. The molecule has 0 saturated heterocycles. The number of anilines is 1. The fourth-order valence-electron chi connectivity index (χ4n) is 5.18. The van der Waals surface area contributed by atoms with Crippen LogP contribution < -0.4 is 4.90 Å². The first kappa shape index (κ1) is 31.5. The van der Waals surface area contributed by atoms with Gasteiger partial charge in [0.2, 0.25) is 0 Å². The van der Waals surface area contributed by atoms with Gasteiger partial charge >= 0.3 is 0 Å². The minimum Gasteiger partial charge on any atom is -0.322 e. The molecular weight excluding hydrogens is 515 g/mol. The molecule has 0 spiro atoms. The molecule has 0 saturated carbocycles. The molecule has 1 heterocycles. The van der Waals surface area contributed by atoms with Crippen molar-refractivity contribution in [3.8, 4) is 22.3 Å². The maximum absolute atomic E-state index is 3.65. The zero-order valence-electron chi connectivity index (χ0n) is 28.1. The van der Waals surface area contributed by atoms with Crippen molar-refractivity contribution in [2.45, 2.75) is 119 Å². The van der Waals surface area contributed by atoms with Crippen molar-refractivity contribution in [3.63, 3.8) is 0 Å². The van der Waals surface area contributed by atoms with E-state index in [2.05, 4.69) is 162 Å². The summed E-state index contributed by atoms with van der Waals surface area (Å²) in [6.07, 6.45) is 0. The van der Waals surface area contributed by atoms with Gasteiger partial charge in [-0.2, -0.15) is 0 Å². The average Bonchev–Trinajstić information content (AvgIpc) is 3.18. The van der Waals surface area contributed by atoms with Crippen LogP contribution in [-0.2, 0) is 21.7 Å². The number of nitrogens with zero attached hydrogens (tertiary/aromatic N) is 1. The third-order valence-corrected chi connectivity index (χ3v) is 9.22. The van der Waals surface area contributed by atoms with Gasteiger partial charge in [-0.15, -0.1) is 0 Å². The third kappa shape index (κ3) is 6.64. The van der Waals surface area contributed by atoms with Gasteiger partial charge in [-0.1, -0.05) is 149 Å². The van der Waals surface area contributed by atoms with Crippen LogP contribution in [-0.4, -0.2) is 0 Å². The second-order valence-electron chi connectivity index (χ2n) is 16.0. The van der Waals surface area contributed by atoms with Gasteiger partial charge in [-0.3, -0.25) is 0 Å². The summed E-state index contributed by atoms with van der Waals surface area (Å²) < 4.78 is 0. The molecule has 0 fully saturated rings. The maximum atomic E-state index is 3.65. The molecule has 41 heavy (non-hydrogen) atoms. The Morgan fingerprint density at radius 2 is 0.878 bits per heavy atom. The van der Waals surface area contributed by atoms with Crippen molar-refractivity contribution in [1.29, 1.82) is 0 Å². The molecule has 0 aliphatic carbocycles. The van der Waals surface area contributed by atoms with Crippen molar-refractivity contribution >= 4 is 17.4 Å². The van der Waals surface area contributed by atoms with E-state index in [-0.39, 0.29) is 21.7 Å². The van der Waals surface area contributed by atoms with Gasteiger partial charge in [0, 0.05) is 21.7 Å². The molecule has 0 aromatic heterocycles. The van der Waals surface area contributed by atoms with Crippen molar-refractivity contribution < 1.29 is 0 Å². The molecule has 4 rings (SSSR count). The average molecular weight is 566 g/mol. The van der Waals surface area contributed by atoms with Gasteiger partial charge in [0.05, 0.1) is 5.69 Å². The summed E-state index contributed by atoms with van der Waals surface area (Å²) in [7, 11) is 0. The van der Waals surface area contributed by atoms with Crippen LogP contribution in [0.2, 0.25) is 0 Å². The predicted molar refractivity (Wildman–Crippen MR) is 184 cm³/mol. The highest BCUT2D eigenvalue weighted by Gasteiger charge is 2.29. The highest BCUT2D eigenvalue weighted by molar-refractivity contribution is 8.05. The van der Waals surface area contributed by atoms with E-state index >= 15 is 0 Å². The van der Waals surface area contributed by atoms with E-state index in [1.165, 1.54) is 60.8 Å². The van der Waals surface area contributed by atoms with Gasteiger partial charge in [-0.05, 0) is 68.9 Å². The summed E-state index contributed by atoms with van der Waals surface area (Å²) in [6.45, 7) is 32.2. The molecule has 1 aliphatic heterocycles. The molecule has 2 heteroatoms. The molecule has 1 nitrogen and oxygen atoms in total. The van der Waals surface area contributed by atoms with Crippen LogP contribution in [0.25, 0.3) is 22.3 Å². The Hall–Kier alpha value is -2.45. The Morgan fingerprint density at radius 1 is 0.537 bits per heavy atom. The minimum atomic E-state index is 0.0462. The topological polar surface area (TPSA) is 3.24 Å². The molecular formula is C39H51NS. The molecule has 0 amide bonds. The van der Waals surface area contributed by atoms with E-state index < -0.39 is 0 Å². The summed E-state index contributed by atoms with van der Waals surface area (Å²) in [5.74, 6) is 3.65. The Kier molecular flexibility index (Phi) is 8.20. The minimum absolute atomic E-state index is 0.0462. The summed E-state index contributed by atoms with van der Waals surface area (Å²) >= 11 is 1.70. The van der Waals surface area contributed by atoms with Gasteiger partial charge in [0.1, 0.15) is 0 Å². The first-order valence-corrected chi connectivity index (χ1v) is 15.9. The predicted octanol–water partition coefficient (Wildman–Crippen LogP) is 12.0. The highest BCUT2D eigenvalue weighted by atomic mass is 32.2. The largest absolute Gasteiger partial charge is 0.322 e. The Labute approximate surface area is 255 Å². The second kappa shape index (κ2) is 10.7. The normalized spacial score (nSPS) is 15.2. The molecule has 3 aromatic carbocycles. The standard InChI is InChI=1S/C39H51NS/c1-25-26(2)41-24-40(25)35-33(27-18-29(36(3,4)5)22-30(19-27)37(6,7)8)16-15-17-34(35)28-20-31(38(9,10)11)23-32(21-28)39(12,13)14/h15-23H,1-14H3. The number of hydrogen-bond acceptors (Lipinski definition) is 2. The van der Waals surface area contributed by atoms with Gasteiger partial charge < -0.3 is 4.90 Å². The lowest BCUT2D eigenvalue weighted by Crippen LogP contribution is -2.18. The van der Waals surface area contributed by atoms with Crippen LogP contribution >= 0.6 is 11.8 Å². The van der Waals surface area contributed by atoms with E-state index in [4.69, 9.17) is 0 Å². The van der Waals surface area contributed by atoms with E-state index in [0.717, 1.165) is 0 Å². The summed E-state index contributed by atoms with van der Waals surface area (Å²) in [4.78, 5) is 3.61. The van der Waals surface area contributed by atoms with E-state index in [1.54, 1.807) is 11.8 Å². The summed E-state index contributed by atoms with van der Waals surface area (Å²) in [5.41, 5.74) is 13.2. The molecule has 218 valence electrons. The van der Waals surface area contributed by atoms with E-state index in [9.17, 15) is 0 Å². The number of benzene rings is 3. The highest BCUT2D eigenvalue weighted by Crippen LogP contribution is 2.49. The second-order valence-corrected chi connectivity index (χ2v) is 17.0. The van der Waals surface area contributed by atoms with Crippen LogP contribution in [0, 0.1) is 5.88 Å². The van der Waals surface area contributed by atoms with Crippen molar-refractivity contribution in [1.82, 2.24) is 0 Å². The Balaban J connectivity index is 2.11. The van der Waals surface area contributed by atoms with Gasteiger partial charge in [0.25, 0.3) is 0 Å². The van der Waals surface area contributed by atoms with Crippen molar-refractivity contribution in [3.05, 3.63) is 93.3 Å². The zero-order chi connectivity index (χ0) is 30.7. The fraction of sp³-hybridized carbons (Fsp3) is 0.462. The third-order valence-electron chi connectivity index (χ3n) is 8.35. The molecule has 1 aliphatic rings. The zero-order valence-corrected chi connectivity index (χ0v) is 28.9. The molecule has 0 unspecified atom stereocenters. The van der Waals surface area contributed by atoms with Gasteiger partial charge in [0.15, 0.2) is 5.88 Å². The molecule has 0 atom stereocenters. The first-order valence-electron chi connectivity index (χ1n) is 15.0. The Bertz CT molecular complexity index is 1320. The quantitative estimate of drug-likeness (QED) is 0.311. The van der Waals surface area contributed by atoms with E-state index in [1.807, 2.05) is 0 Å². The molecule has 0 N–H and O–H groups in total. The lowest BCUT2D eigenvalue weighted by Gasteiger charge is -2.30. The monoisotopic (exact) mass is 565 g/mol. The van der Waals surface area contributed by atoms with Gasteiger partial charge in [-0.25, -0.2) is 0 Å².